The number of fused-ring (bicyclic) bond motifs is 2. The van der Waals surface area contributed by atoms with Gasteiger partial charge in [-0.25, -0.2) is 0 Å². The average molecular weight is 322 g/mol. The Bertz CT molecular complexity index is 434. The molecular weight excluding hydrogens is 292 g/mol. The molecule has 3 saturated carbocycles. The van der Waals surface area contributed by atoms with Crippen molar-refractivity contribution in [2.45, 2.75) is 63.8 Å². The van der Waals surface area contributed by atoms with Crippen LogP contribution in [0.25, 0.3) is 0 Å². The second-order valence-corrected chi connectivity index (χ2v) is 7.76. The third kappa shape index (κ3) is 4.06. The number of amides is 2. The zero-order valence-corrected chi connectivity index (χ0v) is 13.9. The van der Waals surface area contributed by atoms with Gasteiger partial charge in [-0.2, -0.15) is 0 Å². The molecule has 3 aliphatic rings. The number of carbonyl (C=O) groups is 2. The molecule has 0 aromatic rings. The Hall–Kier alpha value is -1.10. The number of aliphatic hydroxyl groups is 1. The minimum Gasteiger partial charge on any atom is -0.396 e. The molecule has 4 atom stereocenters. The maximum absolute atomic E-state index is 12.1. The lowest BCUT2D eigenvalue weighted by Crippen LogP contribution is -2.48. The fourth-order valence-corrected chi connectivity index (χ4v) is 5.04. The van der Waals surface area contributed by atoms with Gasteiger partial charge in [-0.1, -0.05) is 19.3 Å². The number of hydrogen-bond donors (Lipinski definition) is 3. The zero-order valence-electron chi connectivity index (χ0n) is 13.9. The molecule has 3 N–H and O–H groups in total. The van der Waals surface area contributed by atoms with Crippen molar-refractivity contribution in [1.82, 2.24) is 10.6 Å². The normalized spacial score (nSPS) is 33.6. The predicted molar refractivity (Wildman–Crippen MR) is 87.5 cm³/mol. The Morgan fingerprint density at radius 3 is 2.43 bits per heavy atom. The third-order valence-corrected chi connectivity index (χ3v) is 6.27. The highest BCUT2D eigenvalue weighted by Gasteiger charge is 2.47. The second-order valence-electron chi connectivity index (χ2n) is 7.76. The molecule has 0 spiro atoms. The molecule has 2 amide bonds. The molecule has 130 valence electrons. The van der Waals surface area contributed by atoms with E-state index in [1.165, 1.54) is 25.7 Å². The van der Waals surface area contributed by atoms with Crippen LogP contribution in [-0.4, -0.2) is 36.1 Å². The first-order valence-corrected chi connectivity index (χ1v) is 9.34. The van der Waals surface area contributed by atoms with Crippen molar-refractivity contribution < 1.29 is 14.7 Å². The molecule has 5 nitrogen and oxygen atoms in total. The van der Waals surface area contributed by atoms with Crippen LogP contribution < -0.4 is 10.6 Å². The van der Waals surface area contributed by atoms with Gasteiger partial charge in [0.1, 0.15) is 0 Å². The van der Waals surface area contributed by atoms with Gasteiger partial charge in [0.25, 0.3) is 0 Å². The minimum absolute atomic E-state index is 0.00120. The summed E-state index contributed by atoms with van der Waals surface area (Å²) in [6.45, 7) is 0.220. The molecule has 23 heavy (non-hydrogen) atoms. The molecule has 5 heteroatoms. The Kier molecular flexibility index (Phi) is 5.57. The van der Waals surface area contributed by atoms with E-state index >= 15 is 0 Å². The molecule has 3 rings (SSSR count). The van der Waals surface area contributed by atoms with Crippen LogP contribution in [0.3, 0.4) is 0 Å². The number of carbonyl (C=O) groups excluding carboxylic acids is 2. The summed E-state index contributed by atoms with van der Waals surface area (Å²) in [6.07, 6.45) is 10.0. The summed E-state index contributed by atoms with van der Waals surface area (Å²) >= 11 is 0. The maximum Gasteiger partial charge on any atom is 0.239 e. The summed E-state index contributed by atoms with van der Waals surface area (Å²) in [7, 11) is 0. The molecular formula is C18H30N2O3. The number of rotatable bonds is 6. The highest BCUT2D eigenvalue weighted by Crippen LogP contribution is 2.48. The van der Waals surface area contributed by atoms with Gasteiger partial charge in [-0.3, -0.25) is 9.59 Å². The first-order valence-electron chi connectivity index (χ1n) is 9.34. The van der Waals surface area contributed by atoms with Crippen molar-refractivity contribution in [3.8, 4) is 0 Å². The van der Waals surface area contributed by atoms with E-state index in [0.717, 1.165) is 25.7 Å². The summed E-state index contributed by atoms with van der Waals surface area (Å²) in [5.74, 6) is 1.67. The van der Waals surface area contributed by atoms with E-state index in [1.54, 1.807) is 0 Å². The fourth-order valence-electron chi connectivity index (χ4n) is 5.04. The van der Waals surface area contributed by atoms with Crippen molar-refractivity contribution in [2.24, 2.45) is 23.7 Å². The van der Waals surface area contributed by atoms with Gasteiger partial charge in [-0.05, 0) is 49.9 Å². The van der Waals surface area contributed by atoms with Crippen LogP contribution in [0.5, 0.6) is 0 Å². The molecule has 0 saturated heterocycles. The first kappa shape index (κ1) is 16.7. The van der Waals surface area contributed by atoms with Crippen molar-refractivity contribution in [3.05, 3.63) is 0 Å². The van der Waals surface area contributed by atoms with E-state index < -0.39 is 0 Å². The molecule has 0 aromatic carbocycles. The van der Waals surface area contributed by atoms with Gasteiger partial charge >= 0.3 is 0 Å². The minimum atomic E-state index is -0.113. The van der Waals surface area contributed by atoms with Crippen LogP contribution in [-0.2, 0) is 9.59 Å². The summed E-state index contributed by atoms with van der Waals surface area (Å²) in [5.41, 5.74) is 0. The van der Waals surface area contributed by atoms with Crippen LogP contribution in [0, 0.1) is 23.7 Å². The monoisotopic (exact) mass is 322 g/mol. The van der Waals surface area contributed by atoms with E-state index in [-0.39, 0.29) is 36.9 Å². The average Bonchev–Trinajstić information content (AvgIpc) is 3.15. The Balaban J connectivity index is 1.38. The molecule has 0 aromatic heterocycles. The molecule has 4 unspecified atom stereocenters. The van der Waals surface area contributed by atoms with Crippen LogP contribution in [0.2, 0.25) is 0 Å². The van der Waals surface area contributed by atoms with Crippen molar-refractivity contribution in [2.75, 3.05) is 13.2 Å². The van der Waals surface area contributed by atoms with Crippen molar-refractivity contribution in [3.63, 3.8) is 0 Å². The predicted octanol–water partition coefficient (Wildman–Crippen LogP) is 1.60. The van der Waals surface area contributed by atoms with Gasteiger partial charge in [0.05, 0.1) is 6.54 Å². The number of aliphatic hydroxyl groups excluding tert-OH is 1. The second kappa shape index (κ2) is 7.65. The molecule has 2 bridgehead atoms. The van der Waals surface area contributed by atoms with Gasteiger partial charge in [0.2, 0.25) is 11.8 Å². The zero-order chi connectivity index (χ0) is 16.2. The Morgan fingerprint density at radius 2 is 1.70 bits per heavy atom. The lowest BCUT2D eigenvalue weighted by atomic mass is 9.85. The maximum atomic E-state index is 12.1. The summed E-state index contributed by atoms with van der Waals surface area (Å²) < 4.78 is 0. The van der Waals surface area contributed by atoms with Crippen LogP contribution >= 0.6 is 0 Å². The van der Waals surface area contributed by atoms with Crippen molar-refractivity contribution in [1.29, 1.82) is 0 Å². The van der Waals surface area contributed by atoms with Crippen LogP contribution in [0.4, 0.5) is 0 Å². The van der Waals surface area contributed by atoms with E-state index in [1.807, 2.05) is 0 Å². The van der Waals surface area contributed by atoms with E-state index in [4.69, 9.17) is 0 Å². The number of hydrogen-bond acceptors (Lipinski definition) is 3. The SMILES string of the molecule is O=C(CC1CCCCC1)NCC(=O)NC1C2CCC(C2)C1CO. The van der Waals surface area contributed by atoms with Gasteiger partial charge in [0.15, 0.2) is 0 Å². The molecule has 0 heterocycles. The van der Waals surface area contributed by atoms with Crippen LogP contribution in [0.15, 0.2) is 0 Å². The highest BCUT2D eigenvalue weighted by atomic mass is 16.3. The summed E-state index contributed by atoms with van der Waals surface area (Å²) in [4.78, 5) is 24.1. The summed E-state index contributed by atoms with van der Waals surface area (Å²) in [5, 5.41) is 15.4. The third-order valence-electron chi connectivity index (χ3n) is 6.27. The molecule has 0 aliphatic heterocycles. The van der Waals surface area contributed by atoms with E-state index in [0.29, 0.717) is 24.2 Å². The molecule has 0 radical (unpaired) electrons. The molecule has 3 fully saturated rings. The van der Waals surface area contributed by atoms with Crippen molar-refractivity contribution >= 4 is 11.8 Å². The largest absolute Gasteiger partial charge is 0.396 e. The summed E-state index contributed by atoms with van der Waals surface area (Å²) in [6, 6.07) is 0.0986. The smallest absolute Gasteiger partial charge is 0.239 e. The highest BCUT2D eigenvalue weighted by molar-refractivity contribution is 5.84. The molecule has 3 aliphatic carbocycles. The topological polar surface area (TPSA) is 78.4 Å². The fraction of sp³-hybridized carbons (Fsp3) is 0.889. The first-order chi connectivity index (χ1) is 11.2. The van der Waals surface area contributed by atoms with E-state index in [2.05, 4.69) is 10.6 Å². The Morgan fingerprint density at radius 1 is 0.957 bits per heavy atom. The lowest BCUT2D eigenvalue weighted by Gasteiger charge is -2.30. The Labute approximate surface area is 138 Å². The lowest BCUT2D eigenvalue weighted by molar-refractivity contribution is -0.127. The van der Waals surface area contributed by atoms with Crippen LogP contribution in [0.1, 0.15) is 57.8 Å². The quantitative estimate of drug-likeness (QED) is 0.695. The van der Waals surface area contributed by atoms with Gasteiger partial charge in [0, 0.05) is 25.0 Å². The van der Waals surface area contributed by atoms with Gasteiger partial charge in [-0.15, -0.1) is 0 Å². The van der Waals surface area contributed by atoms with E-state index in [9.17, 15) is 14.7 Å². The standard InChI is InChI=1S/C18H30N2O3/c21-11-15-13-6-7-14(9-13)18(15)20-17(23)10-19-16(22)8-12-4-2-1-3-5-12/h12-15,18,21H,1-11H2,(H,19,22)(H,20,23). The van der Waals surface area contributed by atoms with Gasteiger partial charge < -0.3 is 15.7 Å². The number of nitrogens with one attached hydrogen (secondary N) is 2.